The number of fused-ring (bicyclic) bond motifs is 1. The Morgan fingerprint density at radius 3 is 3.07 bits per heavy atom. The molecule has 15 heavy (non-hydrogen) atoms. The van der Waals surface area contributed by atoms with Crippen LogP contribution in [-0.2, 0) is 0 Å². The van der Waals surface area contributed by atoms with Crippen molar-refractivity contribution in [3.8, 4) is 0 Å². The van der Waals surface area contributed by atoms with E-state index in [-0.39, 0.29) is 24.1 Å². The van der Waals surface area contributed by atoms with E-state index >= 15 is 0 Å². The smallest absolute Gasteiger partial charge is 0.173 e. The summed E-state index contributed by atoms with van der Waals surface area (Å²) in [6.45, 7) is -0.00246. The van der Waals surface area contributed by atoms with Crippen LogP contribution in [-0.4, -0.2) is 21.1 Å². The summed E-state index contributed by atoms with van der Waals surface area (Å²) in [6, 6.07) is 2.60. The Hall–Kier alpha value is -1.46. The summed E-state index contributed by atoms with van der Waals surface area (Å²) in [4.78, 5) is 4.08. The molecule has 2 rings (SSSR count). The molecule has 0 saturated heterocycles. The molecule has 1 atom stereocenters. The van der Waals surface area contributed by atoms with Gasteiger partial charge in [-0.25, -0.2) is 9.37 Å². The van der Waals surface area contributed by atoms with Crippen LogP contribution in [0.3, 0.4) is 0 Å². The first-order chi connectivity index (χ1) is 7.22. The van der Waals surface area contributed by atoms with Gasteiger partial charge in [-0.05, 0) is 18.6 Å². The van der Waals surface area contributed by atoms with Gasteiger partial charge < -0.3 is 15.2 Å². The number of nitrogens with zero attached hydrogens (tertiary/aromatic N) is 2. The first kappa shape index (κ1) is 10.1. The van der Waals surface area contributed by atoms with E-state index in [1.165, 1.54) is 6.07 Å². The molecular formula is C10H12FN3O. The molecule has 0 aliphatic carbocycles. The standard InChI is InChI=1S/C10H12FN3O/c11-7-2-1-4-14-6-9(13-10(7)14)8(12)3-5-15/h1-2,4,6,8,15H,3,5,12H2. The van der Waals surface area contributed by atoms with E-state index in [0.29, 0.717) is 12.1 Å². The topological polar surface area (TPSA) is 63.5 Å². The second kappa shape index (κ2) is 3.96. The van der Waals surface area contributed by atoms with E-state index in [1.807, 2.05) is 0 Å². The highest BCUT2D eigenvalue weighted by atomic mass is 19.1. The highest BCUT2D eigenvalue weighted by molar-refractivity contribution is 5.41. The van der Waals surface area contributed by atoms with Gasteiger partial charge in [0.15, 0.2) is 11.5 Å². The molecule has 0 fully saturated rings. The molecule has 0 spiro atoms. The number of hydrogen-bond donors (Lipinski definition) is 2. The molecule has 0 aliphatic heterocycles. The van der Waals surface area contributed by atoms with Gasteiger partial charge in [-0.2, -0.15) is 0 Å². The Morgan fingerprint density at radius 1 is 1.60 bits per heavy atom. The van der Waals surface area contributed by atoms with Crippen LogP contribution in [0.5, 0.6) is 0 Å². The molecule has 80 valence electrons. The largest absolute Gasteiger partial charge is 0.396 e. The van der Waals surface area contributed by atoms with Crippen molar-refractivity contribution in [3.63, 3.8) is 0 Å². The van der Waals surface area contributed by atoms with Gasteiger partial charge in [0.05, 0.1) is 11.7 Å². The summed E-state index contributed by atoms with van der Waals surface area (Å²) in [5.41, 5.74) is 6.62. The molecular weight excluding hydrogens is 197 g/mol. The fourth-order valence-corrected chi connectivity index (χ4v) is 1.46. The van der Waals surface area contributed by atoms with Crippen LogP contribution in [0.4, 0.5) is 4.39 Å². The highest BCUT2D eigenvalue weighted by Crippen LogP contribution is 2.15. The molecule has 2 aromatic heterocycles. The fraction of sp³-hybridized carbons (Fsp3) is 0.300. The first-order valence-electron chi connectivity index (χ1n) is 4.72. The first-order valence-corrected chi connectivity index (χ1v) is 4.72. The third kappa shape index (κ3) is 1.84. The number of halogens is 1. The van der Waals surface area contributed by atoms with Gasteiger partial charge in [0.25, 0.3) is 0 Å². The number of aliphatic hydroxyl groups is 1. The molecule has 0 saturated carbocycles. The minimum absolute atomic E-state index is 0.00246. The lowest BCUT2D eigenvalue weighted by Gasteiger charge is -2.04. The van der Waals surface area contributed by atoms with E-state index in [1.54, 1.807) is 22.9 Å². The van der Waals surface area contributed by atoms with Gasteiger partial charge in [-0.3, -0.25) is 0 Å². The van der Waals surface area contributed by atoms with Gasteiger partial charge >= 0.3 is 0 Å². The SMILES string of the molecule is NC(CCO)c1cn2cccc(F)c2n1. The normalized spacial score (nSPS) is 13.3. The van der Waals surface area contributed by atoms with Gasteiger partial charge in [-0.1, -0.05) is 0 Å². The third-order valence-electron chi connectivity index (χ3n) is 2.27. The minimum Gasteiger partial charge on any atom is -0.396 e. The number of imidazole rings is 1. The van der Waals surface area contributed by atoms with E-state index in [9.17, 15) is 4.39 Å². The Labute approximate surface area is 86.2 Å². The maximum absolute atomic E-state index is 13.3. The summed E-state index contributed by atoms with van der Waals surface area (Å²) < 4.78 is 14.9. The van der Waals surface area contributed by atoms with Gasteiger partial charge in [0, 0.05) is 19.0 Å². The Bertz CT molecular complexity index is 469. The average molecular weight is 209 g/mol. The van der Waals surface area contributed by atoms with Crippen LogP contribution in [0.25, 0.3) is 5.65 Å². The van der Waals surface area contributed by atoms with Crippen LogP contribution in [0.2, 0.25) is 0 Å². The van der Waals surface area contributed by atoms with E-state index in [2.05, 4.69) is 4.98 Å². The van der Waals surface area contributed by atoms with Crippen LogP contribution in [0.1, 0.15) is 18.2 Å². The number of pyridine rings is 1. The van der Waals surface area contributed by atoms with Crippen LogP contribution >= 0.6 is 0 Å². The molecule has 1 unspecified atom stereocenters. The number of rotatable bonds is 3. The fourth-order valence-electron chi connectivity index (χ4n) is 1.46. The quantitative estimate of drug-likeness (QED) is 0.787. The van der Waals surface area contributed by atoms with Crippen molar-refractivity contribution in [2.45, 2.75) is 12.5 Å². The molecule has 0 bridgehead atoms. The second-order valence-corrected chi connectivity index (χ2v) is 3.37. The average Bonchev–Trinajstić information content (AvgIpc) is 2.63. The van der Waals surface area contributed by atoms with Gasteiger partial charge in [0.2, 0.25) is 0 Å². The maximum Gasteiger partial charge on any atom is 0.173 e. The van der Waals surface area contributed by atoms with Crippen molar-refractivity contribution in [2.24, 2.45) is 5.73 Å². The number of aromatic nitrogens is 2. The Kier molecular flexibility index (Phi) is 2.66. The Morgan fingerprint density at radius 2 is 2.40 bits per heavy atom. The van der Waals surface area contributed by atoms with Crippen LogP contribution < -0.4 is 5.73 Å². The zero-order valence-electron chi connectivity index (χ0n) is 8.10. The predicted molar refractivity (Wildman–Crippen MR) is 53.8 cm³/mol. The number of hydrogen-bond acceptors (Lipinski definition) is 3. The summed E-state index contributed by atoms with van der Waals surface area (Å²) >= 11 is 0. The zero-order chi connectivity index (χ0) is 10.8. The highest BCUT2D eigenvalue weighted by Gasteiger charge is 2.11. The monoisotopic (exact) mass is 209 g/mol. The molecule has 0 radical (unpaired) electrons. The molecule has 0 amide bonds. The molecule has 3 N–H and O–H groups in total. The summed E-state index contributed by atoms with van der Waals surface area (Å²) in [7, 11) is 0. The summed E-state index contributed by atoms with van der Waals surface area (Å²) in [5, 5.41) is 8.74. The lowest BCUT2D eigenvalue weighted by atomic mass is 10.2. The maximum atomic E-state index is 13.3. The summed E-state index contributed by atoms with van der Waals surface area (Å²) in [5.74, 6) is -0.375. The zero-order valence-corrected chi connectivity index (χ0v) is 8.10. The van der Waals surface area contributed by atoms with Crippen molar-refractivity contribution in [2.75, 3.05) is 6.61 Å². The minimum atomic E-state index is -0.375. The van der Waals surface area contributed by atoms with Gasteiger partial charge in [-0.15, -0.1) is 0 Å². The lowest BCUT2D eigenvalue weighted by Crippen LogP contribution is -2.12. The lowest BCUT2D eigenvalue weighted by molar-refractivity contribution is 0.276. The van der Waals surface area contributed by atoms with E-state index in [4.69, 9.17) is 10.8 Å². The Balaban J connectivity index is 2.43. The predicted octanol–water partition coefficient (Wildman–Crippen LogP) is 0.856. The number of nitrogens with two attached hydrogens (primary N) is 1. The summed E-state index contributed by atoms with van der Waals surface area (Å²) in [6.07, 6.45) is 3.81. The van der Waals surface area contributed by atoms with E-state index in [0.717, 1.165) is 0 Å². The van der Waals surface area contributed by atoms with Crippen molar-refractivity contribution in [3.05, 3.63) is 36.0 Å². The molecule has 2 heterocycles. The third-order valence-corrected chi connectivity index (χ3v) is 2.27. The van der Waals surface area contributed by atoms with Crippen molar-refractivity contribution in [1.29, 1.82) is 0 Å². The van der Waals surface area contributed by atoms with Crippen molar-refractivity contribution >= 4 is 5.65 Å². The second-order valence-electron chi connectivity index (χ2n) is 3.37. The molecule has 2 aromatic rings. The van der Waals surface area contributed by atoms with Gasteiger partial charge in [0.1, 0.15) is 0 Å². The van der Waals surface area contributed by atoms with Crippen LogP contribution in [0.15, 0.2) is 24.5 Å². The molecule has 0 aromatic carbocycles. The van der Waals surface area contributed by atoms with Crippen molar-refractivity contribution in [1.82, 2.24) is 9.38 Å². The number of aliphatic hydroxyl groups excluding tert-OH is 1. The molecule has 5 heteroatoms. The molecule has 4 nitrogen and oxygen atoms in total. The van der Waals surface area contributed by atoms with E-state index < -0.39 is 0 Å². The van der Waals surface area contributed by atoms with Crippen LogP contribution in [0, 0.1) is 5.82 Å². The molecule has 0 aliphatic rings. The van der Waals surface area contributed by atoms with Crippen molar-refractivity contribution < 1.29 is 9.50 Å².